The average Bonchev–Trinajstić information content (AvgIpc) is 2.27. The minimum absolute atomic E-state index is 0.145. The number of aromatic nitrogens is 1. The van der Waals surface area contributed by atoms with E-state index in [4.69, 9.17) is 10.00 Å². The van der Waals surface area contributed by atoms with Gasteiger partial charge in [0.25, 0.3) is 0 Å². The first-order valence-electron chi connectivity index (χ1n) is 4.86. The molecule has 1 aromatic rings. The van der Waals surface area contributed by atoms with Gasteiger partial charge in [0.2, 0.25) is 10.0 Å². The zero-order valence-electron chi connectivity index (χ0n) is 9.54. The van der Waals surface area contributed by atoms with E-state index in [1.54, 1.807) is 6.92 Å². The van der Waals surface area contributed by atoms with Gasteiger partial charge < -0.3 is 4.74 Å². The first kappa shape index (κ1) is 13.4. The van der Waals surface area contributed by atoms with Gasteiger partial charge in [0.15, 0.2) is 0 Å². The van der Waals surface area contributed by atoms with Crippen molar-refractivity contribution in [3.8, 4) is 6.07 Å². The van der Waals surface area contributed by atoms with Gasteiger partial charge in [-0.1, -0.05) is 0 Å². The molecule has 92 valence electrons. The van der Waals surface area contributed by atoms with Crippen molar-refractivity contribution in [3.63, 3.8) is 0 Å². The van der Waals surface area contributed by atoms with E-state index in [0.717, 1.165) is 0 Å². The summed E-state index contributed by atoms with van der Waals surface area (Å²) in [6, 6.07) is 4.69. The predicted octanol–water partition coefficient (Wildman–Crippen LogP) is 0.730. The maximum Gasteiger partial charge on any atom is 0.235 e. The van der Waals surface area contributed by atoms with Gasteiger partial charge in [-0.25, -0.2) is 13.4 Å². The van der Waals surface area contributed by atoms with Gasteiger partial charge in [-0.15, -0.1) is 0 Å². The molecule has 0 radical (unpaired) electrons. The molecule has 0 saturated heterocycles. The molecule has 1 aromatic heterocycles. The second-order valence-corrected chi connectivity index (χ2v) is 5.24. The lowest BCUT2D eigenvalue weighted by atomic mass is 10.3. The fourth-order valence-electron chi connectivity index (χ4n) is 1.15. The predicted molar refractivity (Wildman–Crippen MR) is 62.8 cm³/mol. The zero-order chi connectivity index (χ0) is 12.9. The summed E-state index contributed by atoms with van der Waals surface area (Å²) in [5.74, 6) is -0.145. The van der Waals surface area contributed by atoms with Crippen molar-refractivity contribution in [2.24, 2.45) is 0 Å². The Morgan fingerprint density at radius 1 is 1.65 bits per heavy atom. The summed E-state index contributed by atoms with van der Waals surface area (Å²) in [5, 5.41) is 8.63. The van der Waals surface area contributed by atoms with Crippen LogP contribution in [0.3, 0.4) is 0 Å². The molecular formula is C10H13N3O3S. The van der Waals surface area contributed by atoms with E-state index < -0.39 is 16.1 Å². The average molecular weight is 255 g/mol. The molecule has 17 heavy (non-hydrogen) atoms. The molecule has 1 heterocycles. The standard InChI is InChI=1S/C10H13N3O3S/c1-8(16-2)7-17(14,15)13-9-3-4-12-10(5-9)6-11/h3-5,8H,7H2,1-2H3,(H,12,13)/t8-/m0/s1. The molecule has 0 bridgehead atoms. The Labute approximate surface area is 100 Å². The third kappa shape index (κ3) is 4.38. The normalized spacial score (nSPS) is 12.8. The van der Waals surface area contributed by atoms with Crippen LogP contribution in [0.2, 0.25) is 0 Å². The molecule has 0 spiro atoms. The molecule has 0 amide bonds. The van der Waals surface area contributed by atoms with Crippen LogP contribution in [0.1, 0.15) is 12.6 Å². The molecule has 6 nitrogen and oxygen atoms in total. The van der Waals surface area contributed by atoms with Gasteiger partial charge in [-0.05, 0) is 19.1 Å². The lowest BCUT2D eigenvalue weighted by Crippen LogP contribution is -2.25. The minimum Gasteiger partial charge on any atom is -0.381 e. The molecule has 0 aliphatic heterocycles. The molecule has 0 unspecified atom stereocenters. The SMILES string of the molecule is CO[C@@H](C)CS(=O)(=O)Nc1ccnc(C#N)c1. The summed E-state index contributed by atoms with van der Waals surface area (Å²) in [7, 11) is -2.04. The topological polar surface area (TPSA) is 92.1 Å². The molecule has 1 N–H and O–H groups in total. The molecule has 0 aliphatic rings. The monoisotopic (exact) mass is 255 g/mol. The molecule has 7 heteroatoms. The maximum absolute atomic E-state index is 11.7. The highest BCUT2D eigenvalue weighted by Gasteiger charge is 2.15. The molecule has 0 aliphatic carbocycles. The number of hydrogen-bond acceptors (Lipinski definition) is 5. The highest BCUT2D eigenvalue weighted by molar-refractivity contribution is 7.92. The third-order valence-corrected chi connectivity index (χ3v) is 3.46. The van der Waals surface area contributed by atoms with E-state index in [-0.39, 0.29) is 11.4 Å². The lowest BCUT2D eigenvalue weighted by Gasteiger charge is -2.11. The molecule has 0 aromatic carbocycles. The van der Waals surface area contributed by atoms with Crippen molar-refractivity contribution < 1.29 is 13.2 Å². The fraction of sp³-hybridized carbons (Fsp3) is 0.400. The third-order valence-electron chi connectivity index (χ3n) is 2.00. The Bertz CT molecular complexity index is 522. The van der Waals surface area contributed by atoms with E-state index in [9.17, 15) is 8.42 Å². The summed E-state index contributed by atoms with van der Waals surface area (Å²) < 4.78 is 30.6. The second kappa shape index (κ2) is 5.61. The number of rotatable bonds is 5. The number of ether oxygens (including phenoxy) is 1. The number of nitriles is 1. The summed E-state index contributed by atoms with van der Waals surface area (Å²) in [5.41, 5.74) is 0.477. The van der Waals surface area contributed by atoms with Gasteiger partial charge in [-0.3, -0.25) is 4.72 Å². The van der Waals surface area contributed by atoms with E-state index in [1.807, 2.05) is 6.07 Å². The zero-order valence-corrected chi connectivity index (χ0v) is 10.4. The smallest absolute Gasteiger partial charge is 0.235 e. The molecule has 1 rings (SSSR count). The summed E-state index contributed by atoms with van der Waals surface area (Å²) >= 11 is 0. The second-order valence-electron chi connectivity index (χ2n) is 3.47. The van der Waals surface area contributed by atoms with Crippen molar-refractivity contribution in [2.45, 2.75) is 13.0 Å². The summed E-state index contributed by atoms with van der Waals surface area (Å²) in [6.45, 7) is 1.66. The Hall–Kier alpha value is -1.65. The molecule has 1 atom stereocenters. The van der Waals surface area contributed by atoms with Crippen LogP contribution in [-0.2, 0) is 14.8 Å². The van der Waals surface area contributed by atoms with Crippen molar-refractivity contribution in [2.75, 3.05) is 17.6 Å². The molecular weight excluding hydrogens is 242 g/mol. The largest absolute Gasteiger partial charge is 0.381 e. The highest BCUT2D eigenvalue weighted by atomic mass is 32.2. The van der Waals surface area contributed by atoms with Gasteiger partial charge in [0, 0.05) is 13.3 Å². The van der Waals surface area contributed by atoms with Crippen LogP contribution in [0.4, 0.5) is 5.69 Å². The van der Waals surface area contributed by atoms with Crippen LogP contribution in [0, 0.1) is 11.3 Å². The number of methoxy groups -OCH3 is 1. The number of sulfonamides is 1. The van der Waals surface area contributed by atoms with Crippen LogP contribution < -0.4 is 4.72 Å². The molecule has 0 saturated carbocycles. The number of nitrogens with one attached hydrogen (secondary N) is 1. The first-order chi connectivity index (χ1) is 7.96. The fourth-order valence-corrected chi connectivity index (χ4v) is 2.48. The van der Waals surface area contributed by atoms with E-state index in [2.05, 4.69) is 9.71 Å². The quantitative estimate of drug-likeness (QED) is 0.837. The van der Waals surface area contributed by atoms with E-state index in [1.165, 1.54) is 25.4 Å². The van der Waals surface area contributed by atoms with Crippen LogP contribution >= 0.6 is 0 Å². The van der Waals surface area contributed by atoms with Gasteiger partial charge in [0.05, 0.1) is 17.5 Å². The number of pyridine rings is 1. The van der Waals surface area contributed by atoms with E-state index in [0.29, 0.717) is 5.69 Å². The highest BCUT2D eigenvalue weighted by Crippen LogP contribution is 2.10. The first-order valence-corrected chi connectivity index (χ1v) is 6.51. The van der Waals surface area contributed by atoms with Crippen molar-refractivity contribution in [3.05, 3.63) is 24.0 Å². The Balaban J connectivity index is 2.80. The lowest BCUT2D eigenvalue weighted by molar-refractivity contribution is 0.136. The Morgan fingerprint density at radius 2 is 2.35 bits per heavy atom. The van der Waals surface area contributed by atoms with Gasteiger partial charge >= 0.3 is 0 Å². The Morgan fingerprint density at radius 3 is 2.94 bits per heavy atom. The minimum atomic E-state index is -3.48. The van der Waals surface area contributed by atoms with Crippen LogP contribution in [-0.4, -0.2) is 32.4 Å². The Kier molecular flexibility index (Phi) is 4.43. The van der Waals surface area contributed by atoms with Crippen LogP contribution in [0.25, 0.3) is 0 Å². The summed E-state index contributed by atoms with van der Waals surface area (Å²) in [6.07, 6.45) is 0.973. The van der Waals surface area contributed by atoms with Gasteiger partial charge in [-0.2, -0.15) is 5.26 Å². The van der Waals surface area contributed by atoms with Gasteiger partial charge in [0.1, 0.15) is 11.8 Å². The van der Waals surface area contributed by atoms with Crippen LogP contribution in [0.5, 0.6) is 0 Å². The maximum atomic E-state index is 11.7. The van der Waals surface area contributed by atoms with Crippen molar-refractivity contribution in [1.29, 1.82) is 5.26 Å². The number of hydrogen-bond donors (Lipinski definition) is 1. The number of anilines is 1. The van der Waals surface area contributed by atoms with E-state index >= 15 is 0 Å². The van der Waals surface area contributed by atoms with Crippen molar-refractivity contribution >= 4 is 15.7 Å². The van der Waals surface area contributed by atoms with Crippen molar-refractivity contribution in [1.82, 2.24) is 4.98 Å². The number of nitrogens with zero attached hydrogens (tertiary/aromatic N) is 2. The van der Waals surface area contributed by atoms with Crippen LogP contribution in [0.15, 0.2) is 18.3 Å². The molecule has 0 fully saturated rings. The summed E-state index contributed by atoms with van der Waals surface area (Å²) in [4.78, 5) is 3.74.